The minimum atomic E-state index is 0.439. The molecule has 1 aromatic heterocycles. The van der Waals surface area contributed by atoms with Gasteiger partial charge in [0, 0.05) is 23.9 Å². The lowest BCUT2D eigenvalue weighted by molar-refractivity contribution is 0.485. The first-order valence-electron chi connectivity index (χ1n) is 6.57. The lowest BCUT2D eigenvalue weighted by atomic mass is 10.0. The highest BCUT2D eigenvalue weighted by atomic mass is 35.5. The Bertz CT molecular complexity index is 541. The van der Waals surface area contributed by atoms with Gasteiger partial charge in [-0.15, -0.1) is 11.6 Å². The van der Waals surface area contributed by atoms with Gasteiger partial charge in [0.1, 0.15) is 5.82 Å². The number of anilines is 1. The lowest BCUT2D eigenvalue weighted by Gasteiger charge is -2.35. The second-order valence-corrected chi connectivity index (χ2v) is 5.17. The van der Waals surface area contributed by atoms with Crippen molar-refractivity contribution in [2.24, 2.45) is 0 Å². The fourth-order valence-corrected chi connectivity index (χ4v) is 3.00. The van der Waals surface area contributed by atoms with Crippen molar-refractivity contribution in [1.82, 2.24) is 4.98 Å². The van der Waals surface area contributed by atoms with Crippen LogP contribution in [-0.2, 0) is 0 Å². The van der Waals surface area contributed by atoms with Crippen molar-refractivity contribution in [3.8, 4) is 0 Å². The van der Waals surface area contributed by atoms with Gasteiger partial charge >= 0.3 is 0 Å². The van der Waals surface area contributed by atoms with Crippen LogP contribution in [0.4, 0.5) is 5.82 Å². The molecule has 0 bridgehead atoms. The average molecular weight is 261 g/mol. The molecule has 0 radical (unpaired) electrons. The van der Waals surface area contributed by atoms with Crippen LogP contribution in [0.15, 0.2) is 36.4 Å². The minimum absolute atomic E-state index is 0.439. The quantitative estimate of drug-likeness (QED) is 0.763. The van der Waals surface area contributed by atoms with Gasteiger partial charge in [0.25, 0.3) is 0 Å². The number of rotatable bonds is 2. The van der Waals surface area contributed by atoms with E-state index in [1.165, 1.54) is 24.6 Å². The summed E-state index contributed by atoms with van der Waals surface area (Å²) in [6.45, 7) is 1.07. The minimum Gasteiger partial charge on any atom is -0.352 e. The fourth-order valence-electron chi connectivity index (χ4n) is 2.68. The second kappa shape index (κ2) is 5.15. The van der Waals surface area contributed by atoms with Crippen molar-refractivity contribution in [2.45, 2.75) is 25.3 Å². The Morgan fingerprint density at radius 2 is 2.06 bits per heavy atom. The van der Waals surface area contributed by atoms with Crippen LogP contribution in [0.5, 0.6) is 0 Å². The maximum Gasteiger partial charge on any atom is 0.129 e. The summed E-state index contributed by atoms with van der Waals surface area (Å²) in [7, 11) is 0. The molecule has 3 rings (SSSR count). The van der Waals surface area contributed by atoms with Gasteiger partial charge in [-0.3, -0.25) is 0 Å². The largest absolute Gasteiger partial charge is 0.352 e. The highest BCUT2D eigenvalue weighted by Crippen LogP contribution is 2.25. The van der Waals surface area contributed by atoms with E-state index in [1.54, 1.807) is 0 Å². The molecule has 3 heteroatoms. The highest BCUT2D eigenvalue weighted by molar-refractivity contribution is 6.18. The summed E-state index contributed by atoms with van der Waals surface area (Å²) >= 11 is 6.07. The number of hydrogen-bond donors (Lipinski definition) is 0. The van der Waals surface area contributed by atoms with E-state index in [1.807, 2.05) is 12.1 Å². The van der Waals surface area contributed by atoms with Crippen molar-refractivity contribution in [3.63, 3.8) is 0 Å². The fraction of sp³-hybridized carbons (Fsp3) is 0.400. The Morgan fingerprint density at radius 1 is 1.17 bits per heavy atom. The topological polar surface area (TPSA) is 16.1 Å². The third kappa shape index (κ3) is 2.17. The molecule has 0 N–H and O–H groups in total. The molecule has 0 aliphatic carbocycles. The molecule has 2 aromatic rings. The maximum atomic E-state index is 6.07. The van der Waals surface area contributed by atoms with Gasteiger partial charge in [-0.1, -0.05) is 18.2 Å². The summed E-state index contributed by atoms with van der Waals surface area (Å²) in [5, 5.41) is 1.20. The summed E-state index contributed by atoms with van der Waals surface area (Å²) in [6.07, 6.45) is 3.70. The van der Waals surface area contributed by atoms with Crippen LogP contribution in [0.25, 0.3) is 10.9 Å². The van der Waals surface area contributed by atoms with E-state index in [2.05, 4.69) is 29.2 Å². The number of hydrogen-bond acceptors (Lipinski definition) is 2. The highest BCUT2D eigenvalue weighted by Gasteiger charge is 2.22. The Labute approximate surface area is 113 Å². The van der Waals surface area contributed by atoms with E-state index < -0.39 is 0 Å². The monoisotopic (exact) mass is 260 g/mol. The molecule has 1 atom stereocenters. The van der Waals surface area contributed by atoms with E-state index in [0.29, 0.717) is 11.9 Å². The Balaban J connectivity index is 1.97. The summed E-state index contributed by atoms with van der Waals surface area (Å²) < 4.78 is 0. The SMILES string of the molecule is ClCC1CCCCN1c1ccc2ccccc2n1. The third-order valence-electron chi connectivity index (χ3n) is 3.68. The normalized spacial score (nSPS) is 20.3. The first-order chi connectivity index (χ1) is 8.88. The maximum absolute atomic E-state index is 6.07. The van der Waals surface area contributed by atoms with Gasteiger partial charge in [0.15, 0.2) is 0 Å². The molecule has 18 heavy (non-hydrogen) atoms. The van der Waals surface area contributed by atoms with Crippen LogP contribution in [0, 0.1) is 0 Å². The zero-order valence-electron chi connectivity index (χ0n) is 10.3. The molecule has 1 saturated heterocycles. The zero-order valence-corrected chi connectivity index (χ0v) is 11.1. The number of fused-ring (bicyclic) bond motifs is 1. The molecule has 0 spiro atoms. The van der Waals surface area contributed by atoms with Crippen molar-refractivity contribution >= 4 is 28.3 Å². The second-order valence-electron chi connectivity index (χ2n) is 4.86. The molecule has 2 nitrogen and oxygen atoms in total. The van der Waals surface area contributed by atoms with Gasteiger partial charge in [-0.2, -0.15) is 0 Å². The number of piperidine rings is 1. The summed E-state index contributed by atoms with van der Waals surface area (Å²) in [5.74, 6) is 1.76. The number of aromatic nitrogens is 1. The van der Waals surface area contributed by atoms with Crippen LogP contribution in [0.1, 0.15) is 19.3 Å². The average Bonchev–Trinajstić information content (AvgIpc) is 2.46. The number of pyridine rings is 1. The van der Waals surface area contributed by atoms with Crippen LogP contribution >= 0.6 is 11.6 Å². The zero-order chi connectivity index (χ0) is 12.4. The van der Waals surface area contributed by atoms with Crippen molar-refractivity contribution < 1.29 is 0 Å². The molecule has 1 aromatic carbocycles. The van der Waals surface area contributed by atoms with Gasteiger partial charge in [-0.05, 0) is 37.5 Å². The Morgan fingerprint density at radius 3 is 2.94 bits per heavy atom. The third-order valence-corrected chi connectivity index (χ3v) is 4.04. The van der Waals surface area contributed by atoms with E-state index in [9.17, 15) is 0 Å². The molecule has 1 unspecified atom stereocenters. The summed E-state index contributed by atoms with van der Waals surface area (Å²) in [4.78, 5) is 7.13. The first kappa shape index (κ1) is 11.8. The molecule has 0 saturated carbocycles. The standard InChI is InChI=1S/C15H17ClN2/c16-11-13-6-3-4-10-18(13)15-9-8-12-5-1-2-7-14(12)17-15/h1-2,5,7-9,13H,3-4,6,10-11H2. The first-order valence-corrected chi connectivity index (χ1v) is 7.10. The Hall–Kier alpha value is -1.28. The molecular weight excluding hydrogens is 244 g/mol. The molecule has 0 amide bonds. The van der Waals surface area contributed by atoms with Gasteiger partial charge < -0.3 is 4.90 Å². The molecule has 94 valence electrons. The number of para-hydroxylation sites is 1. The predicted octanol–water partition coefficient (Wildman–Crippen LogP) is 3.83. The molecule has 1 aliphatic heterocycles. The van der Waals surface area contributed by atoms with Crippen molar-refractivity contribution in [1.29, 1.82) is 0 Å². The van der Waals surface area contributed by atoms with Crippen LogP contribution in [0.3, 0.4) is 0 Å². The lowest BCUT2D eigenvalue weighted by Crippen LogP contribution is -2.41. The van der Waals surface area contributed by atoms with Crippen LogP contribution in [-0.4, -0.2) is 23.5 Å². The van der Waals surface area contributed by atoms with Gasteiger partial charge in [0.2, 0.25) is 0 Å². The van der Waals surface area contributed by atoms with Crippen molar-refractivity contribution in [2.75, 3.05) is 17.3 Å². The Kier molecular flexibility index (Phi) is 3.37. The summed E-state index contributed by atoms with van der Waals surface area (Å²) in [6, 6.07) is 13.0. The molecule has 1 fully saturated rings. The van der Waals surface area contributed by atoms with Crippen LogP contribution < -0.4 is 4.90 Å². The summed E-state index contributed by atoms with van der Waals surface area (Å²) in [5.41, 5.74) is 1.06. The number of halogens is 1. The van der Waals surface area contributed by atoms with E-state index >= 15 is 0 Å². The van der Waals surface area contributed by atoms with Crippen molar-refractivity contribution in [3.05, 3.63) is 36.4 Å². The van der Waals surface area contributed by atoms with Gasteiger partial charge in [-0.25, -0.2) is 4.98 Å². The number of benzene rings is 1. The predicted molar refractivity (Wildman–Crippen MR) is 77.4 cm³/mol. The smallest absolute Gasteiger partial charge is 0.129 e. The number of nitrogens with zero attached hydrogens (tertiary/aromatic N) is 2. The van der Waals surface area contributed by atoms with E-state index in [0.717, 1.165) is 17.9 Å². The van der Waals surface area contributed by atoms with E-state index in [-0.39, 0.29) is 0 Å². The van der Waals surface area contributed by atoms with Gasteiger partial charge in [0.05, 0.1) is 5.52 Å². The van der Waals surface area contributed by atoms with E-state index in [4.69, 9.17) is 16.6 Å². The number of alkyl halides is 1. The molecular formula is C15H17ClN2. The molecule has 1 aliphatic rings. The molecule has 2 heterocycles. The van der Waals surface area contributed by atoms with Crippen LogP contribution in [0.2, 0.25) is 0 Å².